The minimum atomic E-state index is -5.34. The number of hydrogen-bond acceptors (Lipinski definition) is 3. The molecule has 3 N–H and O–H groups in total. The first-order valence-corrected chi connectivity index (χ1v) is 10.2. The summed E-state index contributed by atoms with van der Waals surface area (Å²) in [4.78, 5) is 0. The summed E-state index contributed by atoms with van der Waals surface area (Å²) >= 11 is 0. The zero-order valence-corrected chi connectivity index (χ0v) is 17.3. The van der Waals surface area contributed by atoms with Crippen molar-refractivity contribution < 1.29 is 28.9 Å². The Balaban J connectivity index is 0.00000363. The second-order valence-electron chi connectivity index (χ2n) is 6.86. The highest BCUT2D eigenvalue weighted by atomic mass is 35.5. The van der Waals surface area contributed by atoms with Crippen molar-refractivity contribution >= 4 is 22.3 Å². The van der Waals surface area contributed by atoms with Crippen molar-refractivity contribution in [2.45, 2.75) is 37.4 Å². The molecular formula is C19H21ClF5N3OS. The van der Waals surface area contributed by atoms with Crippen molar-refractivity contribution in [3.8, 4) is 11.1 Å². The van der Waals surface area contributed by atoms with Crippen LogP contribution in [-0.2, 0) is 16.3 Å². The Hall–Kier alpha value is -1.75. The third-order valence-corrected chi connectivity index (χ3v) is 5.90. The van der Waals surface area contributed by atoms with Crippen LogP contribution in [-0.4, -0.2) is 28.3 Å². The van der Waals surface area contributed by atoms with Crippen LogP contribution < -0.4 is 10.0 Å². The summed E-state index contributed by atoms with van der Waals surface area (Å²) in [6.07, 6.45) is -0.730. The molecule has 3 atom stereocenters. The number of hydrogen-bond donors (Lipinski definition) is 3. The summed E-state index contributed by atoms with van der Waals surface area (Å²) in [6, 6.07) is 5.95. The minimum absolute atomic E-state index is 0. The Bertz CT molecular complexity index is 1080. The molecule has 4 nitrogen and oxygen atoms in total. The van der Waals surface area contributed by atoms with Crippen LogP contribution in [0.3, 0.4) is 0 Å². The van der Waals surface area contributed by atoms with Gasteiger partial charge in [-0.2, -0.15) is 13.2 Å². The molecule has 1 aliphatic heterocycles. The maximum absolute atomic E-state index is 15.2. The summed E-state index contributed by atoms with van der Waals surface area (Å²) in [6.45, 7) is -0.453. The first-order chi connectivity index (χ1) is 14.2. The summed E-state index contributed by atoms with van der Waals surface area (Å²) in [5, 5.41) is 2.48. The van der Waals surface area contributed by atoms with Gasteiger partial charge in [0.25, 0.3) is 0 Å². The Morgan fingerprint density at radius 2 is 2.00 bits per heavy atom. The summed E-state index contributed by atoms with van der Waals surface area (Å²) < 4.78 is 104. The van der Waals surface area contributed by atoms with E-state index in [1.54, 1.807) is 17.7 Å². The molecule has 1 unspecified atom stereocenters. The van der Waals surface area contributed by atoms with Gasteiger partial charge in [-0.3, -0.25) is 0 Å². The van der Waals surface area contributed by atoms with E-state index in [0.29, 0.717) is 5.56 Å². The monoisotopic (exact) mass is 471 g/mol. The van der Waals surface area contributed by atoms with Gasteiger partial charge < -0.3 is 5.32 Å². The van der Waals surface area contributed by atoms with Crippen LogP contribution >= 0.6 is 12.4 Å². The predicted octanol–water partition coefficient (Wildman–Crippen LogP) is 4.71. The second-order valence-corrected chi connectivity index (χ2v) is 8.67. The van der Waals surface area contributed by atoms with E-state index in [0.717, 1.165) is 6.07 Å². The van der Waals surface area contributed by atoms with Crippen molar-refractivity contribution in [1.29, 1.82) is 4.78 Å². The molecule has 0 radical (unpaired) electrons. The van der Waals surface area contributed by atoms with Gasteiger partial charge in [-0.15, -0.1) is 12.4 Å². The molecule has 0 spiro atoms. The molecule has 0 aromatic heterocycles. The fourth-order valence-electron chi connectivity index (χ4n) is 3.23. The number of nitrogens with one attached hydrogen (secondary N) is 3. The maximum Gasteiger partial charge on any atom is 0.492 e. The van der Waals surface area contributed by atoms with Gasteiger partial charge in [-0.1, -0.05) is 24.3 Å². The molecule has 2 aromatic carbocycles. The molecule has 166 valence electrons. The number of halogens is 6. The van der Waals surface area contributed by atoms with Crippen molar-refractivity contribution in [3.05, 3.63) is 59.2 Å². The maximum atomic E-state index is 15.2. The van der Waals surface area contributed by atoms with Crippen molar-refractivity contribution in [3.63, 3.8) is 0 Å². The summed E-state index contributed by atoms with van der Waals surface area (Å²) in [7, 11) is -5.22. The number of benzene rings is 2. The standard InChI is InChI=1S/C19H20F5N3OS.ClH/c1-11-7-13(9-14(20)8-11)15-4-2-3-12(18(15)21)10-17-16(5-6-26-17)27-29(25,28)19(22,23)24;/h2-4,7-9,16-17,26H,5-6,10H2,1H3,(H2,25,27,28);1H/t16-,17-,29?;/m0./s1/i6D2;. The van der Waals surface area contributed by atoms with Gasteiger partial charge in [0.1, 0.15) is 11.6 Å². The molecule has 2 aromatic rings. The van der Waals surface area contributed by atoms with Crippen molar-refractivity contribution in [2.24, 2.45) is 0 Å². The fourth-order valence-corrected chi connectivity index (χ4v) is 4.04. The lowest BCUT2D eigenvalue weighted by atomic mass is 9.96. The normalized spacial score (nSPS) is 23.8. The number of alkyl halides is 3. The smallest absolute Gasteiger partial charge is 0.312 e. The Labute approximate surface area is 180 Å². The molecular weight excluding hydrogens is 449 g/mol. The van der Waals surface area contributed by atoms with E-state index >= 15 is 4.39 Å². The lowest BCUT2D eigenvalue weighted by molar-refractivity contribution is -0.0420. The van der Waals surface area contributed by atoms with Crippen LogP contribution in [0, 0.1) is 23.3 Å². The fraction of sp³-hybridized carbons (Fsp3) is 0.368. The second kappa shape index (κ2) is 9.17. The largest absolute Gasteiger partial charge is 0.492 e. The third-order valence-electron chi connectivity index (χ3n) is 4.61. The molecule has 0 bridgehead atoms. The highest BCUT2D eigenvalue weighted by molar-refractivity contribution is 7.91. The van der Waals surface area contributed by atoms with Crippen molar-refractivity contribution in [2.75, 3.05) is 6.50 Å². The Morgan fingerprint density at radius 3 is 2.63 bits per heavy atom. The van der Waals surface area contributed by atoms with Gasteiger partial charge >= 0.3 is 5.51 Å². The summed E-state index contributed by atoms with van der Waals surface area (Å²) in [5.74, 6) is -1.27. The van der Waals surface area contributed by atoms with Crippen LogP contribution in [0.1, 0.15) is 20.3 Å². The molecule has 0 amide bonds. The van der Waals surface area contributed by atoms with Gasteiger partial charge in [0.2, 0.25) is 9.92 Å². The van der Waals surface area contributed by atoms with Gasteiger partial charge in [0, 0.05) is 20.4 Å². The third kappa shape index (κ3) is 5.29. The molecule has 30 heavy (non-hydrogen) atoms. The zero-order valence-electron chi connectivity index (χ0n) is 17.6. The molecule has 0 aliphatic carbocycles. The number of rotatable bonds is 5. The topological polar surface area (TPSA) is 65.0 Å². The Kier molecular flexibility index (Phi) is 6.57. The van der Waals surface area contributed by atoms with E-state index in [2.05, 4.69) is 5.32 Å². The Morgan fingerprint density at radius 1 is 1.30 bits per heavy atom. The highest BCUT2D eigenvalue weighted by Crippen LogP contribution is 2.29. The molecule has 3 rings (SSSR count). The van der Waals surface area contributed by atoms with E-state index in [9.17, 15) is 21.8 Å². The van der Waals surface area contributed by atoms with E-state index in [1.165, 1.54) is 24.3 Å². The molecule has 1 heterocycles. The lowest BCUT2D eigenvalue weighted by Crippen LogP contribution is -2.48. The van der Waals surface area contributed by atoms with Gasteiger partial charge in [-0.05, 0) is 55.1 Å². The van der Waals surface area contributed by atoms with E-state index in [1.807, 2.05) is 0 Å². The first kappa shape index (κ1) is 21.5. The predicted molar refractivity (Wildman–Crippen MR) is 108 cm³/mol. The van der Waals surface area contributed by atoms with Crippen molar-refractivity contribution in [1.82, 2.24) is 10.0 Å². The average Bonchev–Trinajstić information content (AvgIpc) is 2.87. The van der Waals surface area contributed by atoms with E-state index < -0.39 is 52.1 Å². The van der Waals surface area contributed by atoms with E-state index in [4.69, 9.17) is 7.52 Å². The molecule has 0 saturated carbocycles. The van der Waals surface area contributed by atoms with Gasteiger partial charge in [0.05, 0.1) is 0 Å². The molecule has 1 aliphatic rings. The van der Waals surface area contributed by atoms with Crippen LogP contribution in [0.5, 0.6) is 0 Å². The van der Waals surface area contributed by atoms with Crippen LogP contribution in [0.4, 0.5) is 22.0 Å². The molecule has 11 heteroatoms. The average molecular weight is 472 g/mol. The quantitative estimate of drug-likeness (QED) is 0.553. The van der Waals surface area contributed by atoms with Crippen LogP contribution in [0.15, 0.2) is 36.4 Å². The first-order valence-electron chi connectivity index (χ1n) is 9.63. The van der Waals surface area contributed by atoms with Gasteiger partial charge in [-0.25, -0.2) is 22.5 Å². The van der Waals surface area contributed by atoms with Gasteiger partial charge in [0.15, 0.2) is 0 Å². The summed E-state index contributed by atoms with van der Waals surface area (Å²) in [5.41, 5.74) is -4.33. The SMILES string of the molecule is Cl.[2H]C1([2H])C[C@H](NS(=N)(=O)C(F)(F)F)[C@H](Cc2cccc(-c3cc(C)cc(F)c3)c2F)N1. The molecule has 1 fully saturated rings. The van der Waals surface area contributed by atoms with Crippen LogP contribution in [0.2, 0.25) is 0 Å². The minimum Gasteiger partial charge on any atom is -0.312 e. The highest BCUT2D eigenvalue weighted by Gasteiger charge is 2.44. The number of aryl methyl sites for hydroxylation is 1. The zero-order chi connectivity index (χ0) is 23.2. The van der Waals surface area contributed by atoms with E-state index in [-0.39, 0.29) is 35.5 Å². The van der Waals surface area contributed by atoms with Crippen LogP contribution in [0.25, 0.3) is 11.1 Å². The molecule has 1 saturated heterocycles. The lowest BCUT2D eigenvalue weighted by Gasteiger charge is -2.23.